The van der Waals surface area contributed by atoms with Crippen molar-refractivity contribution in [2.75, 3.05) is 26.1 Å². The molecule has 2 heterocycles. The van der Waals surface area contributed by atoms with Crippen molar-refractivity contribution in [3.63, 3.8) is 0 Å². The molecule has 0 unspecified atom stereocenters. The number of rotatable bonds is 3. The highest BCUT2D eigenvalue weighted by Gasteiger charge is 2.25. The van der Waals surface area contributed by atoms with Crippen LogP contribution in [0.4, 0.5) is 5.88 Å². The molecule has 0 spiro atoms. The summed E-state index contributed by atoms with van der Waals surface area (Å²) in [6.45, 7) is 1.53. The molecule has 3 rings (SSSR count). The van der Waals surface area contributed by atoms with Crippen molar-refractivity contribution < 1.29 is 14.0 Å². The van der Waals surface area contributed by atoms with Gasteiger partial charge in [0.1, 0.15) is 5.75 Å². The molecule has 1 fully saturated rings. The van der Waals surface area contributed by atoms with Crippen molar-refractivity contribution in [2.24, 2.45) is 0 Å². The summed E-state index contributed by atoms with van der Waals surface area (Å²) in [5, 5.41) is 4.17. The molecular formula is C15H18N2O3. The Hall–Kier alpha value is -2.01. The van der Waals surface area contributed by atoms with Crippen LogP contribution in [0.3, 0.4) is 0 Å². The second-order valence-corrected chi connectivity index (χ2v) is 4.92. The van der Waals surface area contributed by atoms with Crippen molar-refractivity contribution in [1.82, 2.24) is 5.16 Å². The lowest BCUT2D eigenvalue weighted by molar-refractivity contribution is 0.0839. The Morgan fingerprint density at radius 2 is 1.90 bits per heavy atom. The van der Waals surface area contributed by atoms with E-state index in [0.717, 1.165) is 48.6 Å². The van der Waals surface area contributed by atoms with Gasteiger partial charge in [0.25, 0.3) is 0 Å². The Morgan fingerprint density at radius 3 is 2.55 bits per heavy atom. The Morgan fingerprint density at radius 1 is 1.20 bits per heavy atom. The van der Waals surface area contributed by atoms with E-state index in [1.807, 2.05) is 24.3 Å². The predicted octanol–water partition coefficient (Wildman–Crippen LogP) is 2.83. The molecular weight excluding hydrogens is 256 g/mol. The van der Waals surface area contributed by atoms with E-state index in [-0.39, 0.29) is 0 Å². The molecule has 0 saturated carbocycles. The number of nitrogens with zero attached hydrogens (tertiary/aromatic N) is 1. The molecule has 1 aliphatic heterocycles. The van der Waals surface area contributed by atoms with E-state index in [9.17, 15) is 0 Å². The van der Waals surface area contributed by atoms with Crippen LogP contribution in [0.1, 0.15) is 24.5 Å². The molecule has 2 aromatic rings. The molecule has 0 aliphatic carbocycles. The molecule has 1 aromatic carbocycles. The minimum atomic E-state index is 0.349. The zero-order valence-electron chi connectivity index (χ0n) is 11.5. The second kappa shape index (κ2) is 5.54. The lowest BCUT2D eigenvalue weighted by Gasteiger charge is -2.20. The topological polar surface area (TPSA) is 70.5 Å². The summed E-state index contributed by atoms with van der Waals surface area (Å²) in [5.41, 5.74) is 8.81. The Labute approximate surface area is 117 Å². The normalized spacial score (nSPS) is 16.2. The van der Waals surface area contributed by atoms with Gasteiger partial charge < -0.3 is 19.7 Å². The molecule has 5 heteroatoms. The second-order valence-electron chi connectivity index (χ2n) is 4.92. The van der Waals surface area contributed by atoms with E-state index in [0.29, 0.717) is 11.8 Å². The van der Waals surface area contributed by atoms with Crippen LogP contribution in [-0.2, 0) is 4.74 Å². The van der Waals surface area contributed by atoms with Crippen LogP contribution in [0.5, 0.6) is 5.75 Å². The number of nitrogen functional groups attached to an aromatic ring is 1. The van der Waals surface area contributed by atoms with Crippen LogP contribution in [0.15, 0.2) is 28.8 Å². The molecule has 0 amide bonds. The minimum Gasteiger partial charge on any atom is -0.497 e. The quantitative estimate of drug-likeness (QED) is 0.931. The first-order chi connectivity index (χ1) is 9.79. The summed E-state index contributed by atoms with van der Waals surface area (Å²) in [4.78, 5) is 0. The molecule has 20 heavy (non-hydrogen) atoms. The van der Waals surface area contributed by atoms with Gasteiger partial charge >= 0.3 is 0 Å². The monoisotopic (exact) mass is 274 g/mol. The largest absolute Gasteiger partial charge is 0.497 e. The molecule has 2 N–H and O–H groups in total. The van der Waals surface area contributed by atoms with Crippen LogP contribution in [0.25, 0.3) is 11.1 Å². The molecule has 0 radical (unpaired) electrons. The zero-order valence-corrected chi connectivity index (χ0v) is 11.5. The lowest BCUT2D eigenvalue weighted by Crippen LogP contribution is -2.15. The van der Waals surface area contributed by atoms with Crippen molar-refractivity contribution >= 4 is 5.88 Å². The highest BCUT2D eigenvalue weighted by Crippen LogP contribution is 2.38. The lowest BCUT2D eigenvalue weighted by atomic mass is 9.91. The molecule has 5 nitrogen and oxygen atoms in total. The Kier molecular flexibility index (Phi) is 3.60. The minimum absolute atomic E-state index is 0.349. The molecule has 1 saturated heterocycles. The van der Waals surface area contributed by atoms with Gasteiger partial charge in [-0.3, -0.25) is 0 Å². The number of hydrogen-bond donors (Lipinski definition) is 1. The smallest absolute Gasteiger partial charge is 0.230 e. The summed E-state index contributed by atoms with van der Waals surface area (Å²) in [7, 11) is 1.65. The highest BCUT2D eigenvalue weighted by atomic mass is 16.5. The van der Waals surface area contributed by atoms with Crippen LogP contribution < -0.4 is 10.5 Å². The van der Waals surface area contributed by atoms with Gasteiger partial charge in [-0.15, -0.1) is 0 Å². The number of aromatic nitrogens is 1. The van der Waals surface area contributed by atoms with E-state index in [4.69, 9.17) is 19.7 Å². The number of hydrogen-bond acceptors (Lipinski definition) is 5. The average Bonchev–Trinajstić information content (AvgIpc) is 2.90. The summed E-state index contributed by atoms with van der Waals surface area (Å²) in [6, 6.07) is 7.78. The van der Waals surface area contributed by atoms with Gasteiger partial charge in [-0.1, -0.05) is 17.3 Å². The third kappa shape index (κ3) is 2.36. The van der Waals surface area contributed by atoms with Crippen molar-refractivity contribution in [1.29, 1.82) is 0 Å². The van der Waals surface area contributed by atoms with Crippen molar-refractivity contribution in [3.05, 3.63) is 30.0 Å². The third-order valence-electron chi connectivity index (χ3n) is 3.73. The Bertz CT molecular complexity index is 571. The molecule has 106 valence electrons. The van der Waals surface area contributed by atoms with Crippen molar-refractivity contribution in [2.45, 2.75) is 18.8 Å². The average molecular weight is 274 g/mol. The first kappa shape index (κ1) is 13.0. The van der Waals surface area contributed by atoms with Gasteiger partial charge in [0.2, 0.25) is 5.88 Å². The fourth-order valence-corrected chi connectivity index (χ4v) is 2.61. The SMILES string of the molecule is COc1ccc(-c2c(C3CCOCC3)noc2N)cc1. The van der Waals surface area contributed by atoms with Crippen molar-refractivity contribution in [3.8, 4) is 16.9 Å². The maximum atomic E-state index is 5.96. The van der Waals surface area contributed by atoms with E-state index in [1.165, 1.54) is 0 Å². The fourth-order valence-electron chi connectivity index (χ4n) is 2.61. The predicted molar refractivity (Wildman–Crippen MR) is 75.7 cm³/mol. The van der Waals surface area contributed by atoms with Crippen LogP contribution in [-0.4, -0.2) is 25.5 Å². The van der Waals surface area contributed by atoms with Gasteiger partial charge in [-0.05, 0) is 30.5 Å². The highest BCUT2D eigenvalue weighted by molar-refractivity contribution is 5.75. The summed E-state index contributed by atoms with van der Waals surface area (Å²) < 4.78 is 15.8. The van der Waals surface area contributed by atoms with E-state index < -0.39 is 0 Å². The number of methoxy groups -OCH3 is 1. The van der Waals surface area contributed by atoms with E-state index in [2.05, 4.69) is 5.16 Å². The summed E-state index contributed by atoms with van der Waals surface area (Å²) in [6.07, 6.45) is 1.91. The van der Waals surface area contributed by atoms with Crippen LogP contribution in [0, 0.1) is 0 Å². The number of benzene rings is 1. The van der Waals surface area contributed by atoms with E-state index in [1.54, 1.807) is 7.11 Å². The number of ether oxygens (including phenoxy) is 2. The summed E-state index contributed by atoms with van der Waals surface area (Å²) >= 11 is 0. The molecule has 1 aromatic heterocycles. The zero-order chi connectivity index (χ0) is 13.9. The number of nitrogens with two attached hydrogens (primary N) is 1. The standard InChI is InChI=1S/C15H18N2O3/c1-18-12-4-2-10(3-5-12)13-14(17-20-15(13)16)11-6-8-19-9-7-11/h2-5,11H,6-9,16H2,1H3. The van der Waals surface area contributed by atoms with Crippen LogP contribution in [0.2, 0.25) is 0 Å². The third-order valence-corrected chi connectivity index (χ3v) is 3.73. The van der Waals surface area contributed by atoms with Gasteiger partial charge in [0.05, 0.1) is 18.4 Å². The first-order valence-corrected chi connectivity index (χ1v) is 6.77. The van der Waals surface area contributed by atoms with E-state index >= 15 is 0 Å². The summed E-state index contributed by atoms with van der Waals surface area (Å²) in [5.74, 6) is 1.54. The maximum Gasteiger partial charge on any atom is 0.230 e. The first-order valence-electron chi connectivity index (χ1n) is 6.77. The van der Waals surface area contributed by atoms with Crippen LogP contribution >= 0.6 is 0 Å². The van der Waals surface area contributed by atoms with Gasteiger partial charge in [0.15, 0.2) is 0 Å². The van der Waals surface area contributed by atoms with Gasteiger partial charge in [-0.25, -0.2) is 0 Å². The number of anilines is 1. The Balaban J connectivity index is 1.96. The van der Waals surface area contributed by atoms with Gasteiger partial charge in [-0.2, -0.15) is 0 Å². The maximum absolute atomic E-state index is 5.96. The molecule has 1 aliphatic rings. The molecule has 0 bridgehead atoms. The fraction of sp³-hybridized carbons (Fsp3) is 0.400. The molecule has 0 atom stereocenters. The van der Waals surface area contributed by atoms with Gasteiger partial charge in [0, 0.05) is 19.1 Å².